The quantitative estimate of drug-likeness (QED) is 0.333. The highest BCUT2D eigenvalue weighted by molar-refractivity contribution is 7.78. The lowest BCUT2D eigenvalue weighted by atomic mass is 10.2. The fraction of sp³-hybridized carbons (Fsp3) is 0.571. The van der Waals surface area contributed by atoms with Gasteiger partial charge in [0.2, 0.25) is 0 Å². The minimum Gasteiger partial charge on any atom is -0.229 e. The van der Waals surface area contributed by atoms with Gasteiger partial charge in [-0.05, 0) is 25.1 Å². The third kappa shape index (κ3) is 4.07. The summed E-state index contributed by atoms with van der Waals surface area (Å²) in [6.45, 7) is 5.68. The lowest BCUT2D eigenvalue weighted by Gasteiger charge is -2.01. The molecule has 0 saturated carbocycles. The van der Waals surface area contributed by atoms with Crippen molar-refractivity contribution in [2.24, 2.45) is 4.99 Å². The molecule has 0 amide bonds. The normalized spacial score (nSPS) is 11.7. The van der Waals surface area contributed by atoms with E-state index in [-0.39, 0.29) is 0 Å². The van der Waals surface area contributed by atoms with Crippen LogP contribution in [0, 0.1) is 0 Å². The second-order valence-corrected chi connectivity index (χ2v) is 1.99. The zero-order valence-corrected chi connectivity index (χ0v) is 6.45. The Morgan fingerprint density at radius 1 is 1.89 bits per heavy atom. The van der Waals surface area contributed by atoms with Gasteiger partial charge in [0.25, 0.3) is 0 Å². The Morgan fingerprint density at radius 3 is 2.89 bits per heavy atom. The summed E-state index contributed by atoms with van der Waals surface area (Å²) in [6.07, 6.45) is 3.76. The monoisotopic (exact) mass is 141 g/mol. The van der Waals surface area contributed by atoms with E-state index < -0.39 is 0 Å². The SMILES string of the molecule is C=CCC(CC)N=C=S. The van der Waals surface area contributed by atoms with Crippen molar-refractivity contribution in [3.05, 3.63) is 12.7 Å². The topological polar surface area (TPSA) is 12.4 Å². The number of hydrogen-bond donors (Lipinski definition) is 0. The Kier molecular flexibility index (Phi) is 5.38. The van der Waals surface area contributed by atoms with Gasteiger partial charge >= 0.3 is 0 Å². The highest BCUT2D eigenvalue weighted by Gasteiger charge is 1.97. The number of hydrogen-bond acceptors (Lipinski definition) is 2. The molecule has 0 fully saturated rings. The molecule has 2 heteroatoms. The molecule has 0 heterocycles. The van der Waals surface area contributed by atoms with Crippen LogP contribution in [0.5, 0.6) is 0 Å². The van der Waals surface area contributed by atoms with Crippen molar-refractivity contribution in [3.63, 3.8) is 0 Å². The molecule has 50 valence electrons. The highest BCUT2D eigenvalue weighted by Crippen LogP contribution is 2.01. The Labute approximate surface area is 61.5 Å². The van der Waals surface area contributed by atoms with Crippen LogP contribution in [0.25, 0.3) is 0 Å². The summed E-state index contributed by atoms with van der Waals surface area (Å²) in [4.78, 5) is 3.93. The fourth-order valence-corrected chi connectivity index (χ4v) is 0.727. The van der Waals surface area contributed by atoms with E-state index in [2.05, 4.69) is 35.9 Å². The second-order valence-electron chi connectivity index (χ2n) is 1.81. The first-order chi connectivity index (χ1) is 4.35. The average Bonchev–Trinajstić information content (AvgIpc) is 1.88. The maximum Gasteiger partial charge on any atom is 0.0634 e. The van der Waals surface area contributed by atoms with Crippen molar-refractivity contribution in [2.45, 2.75) is 25.8 Å². The maximum atomic E-state index is 4.46. The third-order valence-corrected chi connectivity index (χ3v) is 1.25. The first-order valence-electron chi connectivity index (χ1n) is 3.03. The van der Waals surface area contributed by atoms with Crippen LogP contribution < -0.4 is 0 Å². The first-order valence-corrected chi connectivity index (χ1v) is 3.43. The van der Waals surface area contributed by atoms with Crippen LogP contribution in [0.4, 0.5) is 0 Å². The molecule has 9 heavy (non-hydrogen) atoms. The molecule has 0 aliphatic carbocycles. The molecular weight excluding hydrogens is 130 g/mol. The molecule has 0 radical (unpaired) electrons. The third-order valence-electron chi connectivity index (χ3n) is 1.15. The second kappa shape index (κ2) is 5.67. The van der Waals surface area contributed by atoms with E-state index in [1.165, 1.54) is 0 Å². The molecule has 0 aromatic heterocycles. The van der Waals surface area contributed by atoms with Crippen LogP contribution in [0.2, 0.25) is 0 Å². The van der Waals surface area contributed by atoms with Crippen molar-refractivity contribution in [2.75, 3.05) is 0 Å². The Morgan fingerprint density at radius 2 is 2.56 bits per heavy atom. The van der Waals surface area contributed by atoms with Crippen LogP contribution >= 0.6 is 12.2 Å². The van der Waals surface area contributed by atoms with Gasteiger partial charge in [-0.2, -0.15) is 0 Å². The van der Waals surface area contributed by atoms with Crippen molar-refractivity contribution in [1.29, 1.82) is 0 Å². The molecule has 1 nitrogen and oxygen atoms in total. The summed E-state index contributed by atoms with van der Waals surface area (Å²) < 4.78 is 0. The average molecular weight is 141 g/mol. The predicted octanol–water partition coefficient (Wildman–Crippen LogP) is 2.44. The minimum atomic E-state index is 0.306. The summed E-state index contributed by atoms with van der Waals surface area (Å²) in [5.41, 5.74) is 0. The van der Waals surface area contributed by atoms with Crippen molar-refractivity contribution >= 4 is 17.4 Å². The van der Waals surface area contributed by atoms with Gasteiger partial charge < -0.3 is 0 Å². The smallest absolute Gasteiger partial charge is 0.0634 e. The van der Waals surface area contributed by atoms with Gasteiger partial charge in [0.05, 0.1) is 11.2 Å². The highest BCUT2D eigenvalue weighted by atomic mass is 32.1. The molecule has 0 aliphatic rings. The van der Waals surface area contributed by atoms with Gasteiger partial charge in [-0.15, -0.1) is 6.58 Å². The van der Waals surface area contributed by atoms with Crippen molar-refractivity contribution in [1.82, 2.24) is 0 Å². The maximum absolute atomic E-state index is 4.46. The standard InChI is InChI=1S/C7H11NS/c1-3-5-7(4-2)8-6-9/h3,7H,1,4-5H2,2H3. The Bertz CT molecular complexity index is 125. The van der Waals surface area contributed by atoms with Gasteiger partial charge in [-0.3, -0.25) is 0 Å². The molecule has 0 saturated heterocycles. The molecule has 0 aromatic carbocycles. The van der Waals surface area contributed by atoms with Gasteiger partial charge in [-0.1, -0.05) is 13.0 Å². The lowest BCUT2D eigenvalue weighted by molar-refractivity contribution is 0.667. The van der Waals surface area contributed by atoms with E-state index in [4.69, 9.17) is 0 Å². The molecule has 0 spiro atoms. The molecule has 0 rings (SSSR count). The van der Waals surface area contributed by atoms with Gasteiger partial charge in [0, 0.05) is 0 Å². The van der Waals surface area contributed by atoms with E-state index in [0.717, 1.165) is 12.8 Å². The minimum absolute atomic E-state index is 0.306. The first kappa shape index (κ1) is 8.54. The van der Waals surface area contributed by atoms with E-state index >= 15 is 0 Å². The summed E-state index contributed by atoms with van der Waals surface area (Å²) in [5, 5.41) is 2.36. The largest absolute Gasteiger partial charge is 0.229 e. The zero-order valence-electron chi connectivity index (χ0n) is 5.63. The molecule has 0 N–H and O–H groups in total. The van der Waals surface area contributed by atoms with Crippen LogP contribution in [-0.4, -0.2) is 11.2 Å². The molecule has 1 unspecified atom stereocenters. The van der Waals surface area contributed by atoms with Gasteiger partial charge in [0.1, 0.15) is 0 Å². The van der Waals surface area contributed by atoms with Crippen LogP contribution in [0.3, 0.4) is 0 Å². The van der Waals surface area contributed by atoms with E-state index in [1.54, 1.807) is 0 Å². The van der Waals surface area contributed by atoms with Crippen molar-refractivity contribution < 1.29 is 0 Å². The number of thiocarbonyl (C=S) groups is 1. The number of nitrogens with zero attached hydrogens (tertiary/aromatic N) is 1. The van der Waals surface area contributed by atoms with Gasteiger partial charge in [-0.25, -0.2) is 4.99 Å². The zero-order chi connectivity index (χ0) is 7.11. The number of rotatable bonds is 4. The van der Waals surface area contributed by atoms with Crippen molar-refractivity contribution in [3.8, 4) is 0 Å². The molecule has 0 bridgehead atoms. The summed E-state index contributed by atoms with van der Waals surface area (Å²) in [5.74, 6) is 0. The van der Waals surface area contributed by atoms with Gasteiger partial charge in [0.15, 0.2) is 0 Å². The van der Waals surface area contributed by atoms with Crippen LogP contribution in [0.15, 0.2) is 17.6 Å². The number of isothiocyanates is 1. The molecule has 0 aromatic rings. The summed E-state index contributed by atoms with van der Waals surface area (Å²) in [7, 11) is 0. The molecule has 0 aliphatic heterocycles. The predicted molar refractivity (Wildman–Crippen MR) is 43.9 cm³/mol. The summed E-state index contributed by atoms with van der Waals surface area (Å²) in [6, 6.07) is 0.306. The lowest BCUT2D eigenvalue weighted by Crippen LogP contribution is -1.98. The van der Waals surface area contributed by atoms with Crippen LogP contribution in [-0.2, 0) is 0 Å². The fourth-order valence-electron chi connectivity index (χ4n) is 0.578. The summed E-state index contributed by atoms with van der Waals surface area (Å²) >= 11 is 4.46. The molecular formula is C7H11NS. The Hall–Kier alpha value is -0.460. The van der Waals surface area contributed by atoms with Crippen LogP contribution in [0.1, 0.15) is 19.8 Å². The van der Waals surface area contributed by atoms with E-state index in [9.17, 15) is 0 Å². The Balaban J connectivity index is 3.66. The number of aliphatic imine (C=N–C) groups is 1. The van der Waals surface area contributed by atoms with E-state index in [0.29, 0.717) is 6.04 Å². The van der Waals surface area contributed by atoms with E-state index in [1.807, 2.05) is 6.08 Å². The molecule has 1 atom stereocenters.